The van der Waals surface area contributed by atoms with Crippen molar-refractivity contribution in [2.24, 2.45) is 17.8 Å². The first-order valence-corrected chi connectivity index (χ1v) is 10.9. The van der Waals surface area contributed by atoms with Crippen LogP contribution >= 0.6 is 23.4 Å². The number of thioether (sulfide) groups is 1. The van der Waals surface area contributed by atoms with Crippen molar-refractivity contribution in [2.75, 3.05) is 17.2 Å². The number of hydrogen-bond donors (Lipinski definition) is 0. The maximum atomic E-state index is 14.8. The number of piperidine rings is 1. The molecule has 0 N–H and O–H groups in total. The Morgan fingerprint density at radius 2 is 2.12 bits per heavy atom. The quantitative estimate of drug-likeness (QED) is 0.420. The Morgan fingerprint density at radius 3 is 2.92 bits per heavy atom. The second-order valence-electron chi connectivity index (χ2n) is 7.91. The number of pyridine rings is 1. The highest BCUT2D eigenvalue weighted by Crippen LogP contribution is 2.48. The summed E-state index contributed by atoms with van der Waals surface area (Å²) in [6.45, 7) is 5.36. The molecular weight excluding hydrogens is 371 g/mol. The van der Waals surface area contributed by atoms with Crippen molar-refractivity contribution < 1.29 is 4.39 Å². The lowest BCUT2D eigenvalue weighted by Crippen LogP contribution is -2.49. The van der Waals surface area contributed by atoms with Crippen LogP contribution in [0.1, 0.15) is 38.8 Å². The van der Waals surface area contributed by atoms with E-state index < -0.39 is 5.82 Å². The topological polar surface area (TPSA) is 41.9 Å². The van der Waals surface area contributed by atoms with Crippen molar-refractivity contribution in [3.05, 3.63) is 16.7 Å². The van der Waals surface area contributed by atoms with Gasteiger partial charge in [-0.05, 0) is 49.2 Å². The van der Waals surface area contributed by atoms with Gasteiger partial charge in [0.15, 0.2) is 16.1 Å². The van der Waals surface area contributed by atoms with Crippen LogP contribution in [0, 0.1) is 23.6 Å². The molecule has 2 aromatic heterocycles. The summed E-state index contributed by atoms with van der Waals surface area (Å²) < 4.78 is 14.8. The SMILES string of the molecule is CCSc1nc2c3c(nc(Cl)c(F)c3n1)C[C@H](C)[C@H]1[C@@H]3CC[C@@H](C3)CN21. The van der Waals surface area contributed by atoms with E-state index in [9.17, 15) is 4.39 Å². The summed E-state index contributed by atoms with van der Waals surface area (Å²) in [6.07, 6.45) is 4.71. The van der Waals surface area contributed by atoms with Gasteiger partial charge in [0.05, 0.1) is 11.1 Å². The molecule has 0 aromatic carbocycles. The Bertz CT molecular complexity index is 892. The molecule has 0 unspecified atom stereocenters. The van der Waals surface area contributed by atoms with Gasteiger partial charge in [0.2, 0.25) is 0 Å². The molecular formula is C19H22ClFN4S. The predicted octanol–water partition coefficient (Wildman–Crippen LogP) is 4.73. The van der Waals surface area contributed by atoms with Crippen LogP contribution in [0.3, 0.4) is 0 Å². The van der Waals surface area contributed by atoms with E-state index >= 15 is 0 Å². The minimum atomic E-state index is -0.516. The fourth-order valence-electron chi connectivity index (χ4n) is 5.39. The highest BCUT2D eigenvalue weighted by molar-refractivity contribution is 7.99. The average molecular weight is 393 g/mol. The van der Waals surface area contributed by atoms with Crippen LogP contribution in [-0.4, -0.2) is 33.3 Å². The summed E-state index contributed by atoms with van der Waals surface area (Å²) in [4.78, 5) is 16.3. The zero-order valence-electron chi connectivity index (χ0n) is 15.0. The molecule has 5 rings (SSSR count). The summed E-state index contributed by atoms with van der Waals surface area (Å²) in [5.74, 6) is 3.08. The molecule has 0 spiro atoms. The first kappa shape index (κ1) is 17.0. The zero-order chi connectivity index (χ0) is 18.0. The van der Waals surface area contributed by atoms with Crippen molar-refractivity contribution in [1.82, 2.24) is 15.0 Å². The summed E-state index contributed by atoms with van der Waals surface area (Å²) in [6, 6.07) is 0.447. The van der Waals surface area contributed by atoms with Gasteiger partial charge in [-0.2, -0.15) is 0 Å². The third-order valence-electron chi connectivity index (χ3n) is 6.30. The Morgan fingerprint density at radius 1 is 1.27 bits per heavy atom. The van der Waals surface area contributed by atoms with Gasteiger partial charge in [0.1, 0.15) is 11.3 Å². The standard InChI is InChI=1S/C19H22ClFN4S/c1-3-26-19-23-15-13-12(22-17(20)14(15)21)6-9(2)16-11-5-4-10(7-11)8-25(16)18(13)24-19/h9-11,16H,3-8H2,1-2H3/t9-,10-,11+,16-/m0/s1. The van der Waals surface area contributed by atoms with Crippen molar-refractivity contribution in [3.63, 3.8) is 0 Å². The lowest BCUT2D eigenvalue weighted by molar-refractivity contribution is 0.265. The van der Waals surface area contributed by atoms with Gasteiger partial charge in [0, 0.05) is 12.6 Å². The Balaban J connectivity index is 1.79. The van der Waals surface area contributed by atoms with E-state index in [2.05, 4.69) is 28.7 Å². The van der Waals surface area contributed by atoms with Gasteiger partial charge >= 0.3 is 0 Å². The lowest BCUT2D eigenvalue weighted by Gasteiger charge is -2.43. The predicted molar refractivity (Wildman–Crippen MR) is 104 cm³/mol. The molecule has 2 bridgehead atoms. The molecule has 4 nitrogen and oxygen atoms in total. The smallest absolute Gasteiger partial charge is 0.190 e. The maximum Gasteiger partial charge on any atom is 0.190 e. The van der Waals surface area contributed by atoms with Gasteiger partial charge in [-0.3, -0.25) is 0 Å². The highest BCUT2D eigenvalue weighted by atomic mass is 35.5. The second-order valence-corrected chi connectivity index (χ2v) is 9.50. The van der Waals surface area contributed by atoms with Crippen LogP contribution in [-0.2, 0) is 6.42 Å². The molecule has 2 fully saturated rings. The fraction of sp³-hybridized carbons (Fsp3) is 0.632. The Kier molecular flexibility index (Phi) is 4.05. The van der Waals surface area contributed by atoms with E-state index in [1.165, 1.54) is 19.3 Å². The van der Waals surface area contributed by atoms with Crippen molar-refractivity contribution in [1.29, 1.82) is 0 Å². The first-order valence-electron chi connectivity index (χ1n) is 9.51. The highest BCUT2D eigenvalue weighted by Gasteiger charge is 2.45. The average Bonchev–Trinajstić information content (AvgIpc) is 2.94. The second kappa shape index (κ2) is 6.20. The third-order valence-corrected chi connectivity index (χ3v) is 7.28. The van der Waals surface area contributed by atoms with Gasteiger partial charge in [-0.25, -0.2) is 19.3 Å². The summed E-state index contributed by atoms with van der Waals surface area (Å²) in [7, 11) is 0. The van der Waals surface area contributed by atoms with Crippen LogP contribution in [0.5, 0.6) is 0 Å². The first-order chi connectivity index (χ1) is 12.6. The minimum absolute atomic E-state index is 0.0711. The van der Waals surface area contributed by atoms with Crippen LogP contribution in [0.25, 0.3) is 10.9 Å². The van der Waals surface area contributed by atoms with Crippen molar-refractivity contribution in [2.45, 2.75) is 50.7 Å². The monoisotopic (exact) mass is 392 g/mol. The van der Waals surface area contributed by atoms with E-state index in [0.29, 0.717) is 28.6 Å². The maximum absolute atomic E-state index is 14.8. The molecule has 1 saturated heterocycles. The molecule has 4 heterocycles. The van der Waals surface area contributed by atoms with Crippen molar-refractivity contribution >= 4 is 40.1 Å². The van der Waals surface area contributed by atoms with E-state index in [4.69, 9.17) is 16.6 Å². The number of anilines is 1. The van der Waals surface area contributed by atoms with Crippen LogP contribution in [0.15, 0.2) is 5.16 Å². The lowest BCUT2D eigenvalue weighted by atomic mass is 9.82. The number of halogens is 2. The summed E-state index contributed by atoms with van der Waals surface area (Å²) in [5, 5.41) is 1.34. The zero-order valence-corrected chi connectivity index (χ0v) is 16.6. The molecule has 138 valence electrons. The normalized spacial score (nSPS) is 29.8. The van der Waals surface area contributed by atoms with Gasteiger partial charge in [-0.1, -0.05) is 37.2 Å². The van der Waals surface area contributed by atoms with Crippen LogP contribution in [0.2, 0.25) is 5.15 Å². The van der Waals surface area contributed by atoms with Crippen LogP contribution < -0.4 is 4.90 Å². The molecule has 2 aromatic rings. The molecule has 0 amide bonds. The fourth-order valence-corrected chi connectivity index (χ4v) is 6.15. The molecule has 0 radical (unpaired) electrons. The molecule has 1 aliphatic carbocycles. The van der Waals surface area contributed by atoms with Crippen molar-refractivity contribution in [3.8, 4) is 0 Å². The molecule has 1 saturated carbocycles. The van der Waals surface area contributed by atoms with Gasteiger partial charge < -0.3 is 4.90 Å². The number of aromatic nitrogens is 3. The number of nitrogens with zero attached hydrogens (tertiary/aromatic N) is 4. The molecule has 26 heavy (non-hydrogen) atoms. The van der Waals surface area contributed by atoms with Crippen LogP contribution in [0.4, 0.5) is 10.2 Å². The largest absolute Gasteiger partial charge is 0.352 e. The van der Waals surface area contributed by atoms with Gasteiger partial charge in [-0.15, -0.1) is 0 Å². The summed E-state index contributed by atoms with van der Waals surface area (Å²) >= 11 is 7.68. The Labute approximate surface area is 161 Å². The number of hydrogen-bond acceptors (Lipinski definition) is 5. The van der Waals surface area contributed by atoms with E-state index in [1.807, 2.05) is 0 Å². The van der Waals surface area contributed by atoms with E-state index in [1.54, 1.807) is 11.8 Å². The van der Waals surface area contributed by atoms with Gasteiger partial charge in [0.25, 0.3) is 0 Å². The Hall–Kier alpha value is -1.14. The van der Waals surface area contributed by atoms with E-state index in [0.717, 1.165) is 41.5 Å². The summed E-state index contributed by atoms with van der Waals surface area (Å²) in [5.41, 5.74) is 1.19. The number of fused-ring (bicyclic) bond motifs is 5. The van der Waals surface area contributed by atoms with E-state index in [-0.39, 0.29) is 5.15 Å². The minimum Gasteiger partial charge on any atom is -0.352 e. The molecule has 3 aliphatic rings. The molecule has 7 heteroatoms. The molecule has 2 aliphatic heterocycles. The molecule has 4 atom stereocenters. The third kappa shape index (κ3) is 2.44. The number of rotatable bonds is 2.